The number of hydrogen-bond donors (Lipinski definition) is 1. The van der Waals surface area contributed by atoms with Crippen molar-refractivity contribution >= 4 is 6.21 Å². The minimum atomic E-state index is 0.252. The van der Waals surface area contributed by atoms with Gasteiger partial charge in [0.05, 0.1) is 12.8 Å². The van der Waals surface area contributed by atoms with E-state index >= 15 is 0 Å². The van der Waals surface area contributed by atoms with Gasteiger partial charge in [0.15, 0.2) is 0 Å². The molecule has 2 saturated heterocycles. The van der Waals surface area contributed by atoms with Crippen LogP contribution >= 0.6 is 0 Å². The standard InChI is InChI=1S/C13H22N3O/c1-2-11-17-13(4-1)16(10-3-7-15-16)12-5-8-14-9-6-12/h3,7,10,12-14H,1-2,4-6,8-9,11H2/q+1. The van der Waals surface area contributed by atoms with Gasteiger partial charge in [-0.2, -0.15) is 0 Å². The Balaban J connectivity index is 1.81. The molecule has 94 valence electrons. The van der Waals surface area contributed by atoms with Crippen molar-refractivity contribution < 1.29 is 9.33 Å². The fourth-order valence-corrected chi connectivity index (χ4v) is 3.26. The van der Waals surface area contributed by atoms with Gasteiger partial charge in [0.1, 0.15) is 12.2 Å². The van der Waals surface area contributed by atoms with Crippen molar-refractivity contribution in [3.05, 3.63) is 12.3 Å². The zero-order valence-electron chi connectivity index (χ0n) is 10.3. The predicted octanol–water partition coefficient (Wildman–Crippen LogP) is 1.59. The summed E-state index contributed by atoms with van der Waals surface area (Å²) in [6, 6.07) is 0.592. The van der Waals surface area contributed by atoms with Gasteiger partial charge in [-0.3, -0.25) is 0 Å². The minimum Gasteiger partial charge on any atom is -0.327 e. The number of allylic oxidation sites excluding steroid dienone is 1. The number of quaternary nitrogens is 1. The SMILES string of the molecule is C1=C[N+](C2CCNCC2)(C2CCCCO2)N=C1. The molecule has 4 nitrogen and oxygen atoms in total. The monoisotopic (exact) mass is 236 g/mol. The highest BCUT2D eigenvalue weighted by Gasteiger charge is 2.46. The summed E-state index contributed by atoms with van der Waals surface area (Å²) in [6.45, 7) is 3.13. The van der Waals surface area contributed by atoms with Crippen molar-refractivity contribution in [2.75, 3.05) is 19.7 Å². The molecule has 3 aliphatic rings. The van der Waals surface area contributed by atoms with Crippen LogP contribution in [-0.2, 0) is 4.74 Å². The van der Waals surface area contributed by atoms with E-state index in [0.717, 1.165) is 26.1 Å². The van der Waals surface area contributed by atoms with Crippen LogP contribution < -0.4 is 5.32 Å². The Labute approximate surface area is 103 Å². The normalized spacial score (nSPS) is 38.7. The molecule has 1 N–H and O–H groups in total. The lowest BCUT2D eigenvalue weighted by atomic mass is 10.0. The van der Waals surface area contributed by atoms with E-state index in [0.29, 0.717) is 10.6 Å². The summed E-state index contributed by atoms with van der Waals surface area (Å²) in [7, 11) is 0. The van der Waals surface area contributed by atoms with Crippen molar-refractivity contribution in [3.63, 3.8) is 0 Å². The van der Waals surface area contributed by atoms with Crippen molar-refractivity contribution in [2.24, 2.45) is 5.10 Å². The molecule has 0 spiro atoms. The van der Waals surface area contributed by atoms with Crippen LogP contribution in [0.3, 0.4) is 0 Å². The van der Waals surface area contributed by atoms with Gasteiger partial charge in [-0.25, -0.2) is 0 Å². The molecule has 2 unspecified atom stereocenters. The fourth-order valence-electron chi connectivity index (χ4n) is 3.26. The van der Waals surface area contributed by atoms with E-state index in [1.807, 2.05) is 6.21 Å². The first-order valence-corrected chi connectivity index (χ1v) is 6.86. The first kappa shape index (κ1) is 11.4. The largest absolute Gasteiger partial charge is 0.327 e. The summed E-state index contributed by atoms with van der Waals surface area (Å²) in [5.74, 6) is 0. The molecular formula is C13H22N3O+. The zero-order chi connectivity index (χ0) is 11.6. The van der Waals surface area contributed by atoms with Gasteiger partial charge in [0, 0.05) is 38.4 Å². The lowest BCUT2D eigenvalue weighted by Gasteiger charge is -2.42. The lowest BCUT2D eigenvalue weighted by molar-refractivity contribution is -0.956. The maximum atomic E-state index is 6.01. The van der Waals surface area contributed by atoms with Crippen molar-refractivity contribution in [1.82, 2.24) is 5.32 Å². The Bertz CT molecular complexity index is 283. The predicted molar refractivity (Wildman–Crippen MR) is 67.4 cm³/mol. The van der Waals surface area contributed by atoms with Crippen LogP contribution in [0.25, 0.3) is 0 Å². The molecule has 0 aromatic carbocycles. The third-order valence-electron chi connectivity index (χ3n) is 4.19. The molecular weight excluding hydrogens is 214 g/mol. The van der Waals surface area contributed by atoms with Crippen LogP contribution in [0.1, 0.15) is 32.1 Å². The van der Waals surface area contributed by atoms with Crippen molar-refractivity contribution in [3.8, 4) is 0 Å². The molecule has 4 heteroatoms. The van der Waals surface area contributed by atoms with E-state index in [9.17, 15) is 0 Å². The summed E-state index contributed by atoms with van der Waals surface area (Å²) in [6.07, 6.45) is 12.5. The first-order valence-electron chi connectivity index (χ1n) is 6.86. The van der Waals surface area contributed by atoms with Crippen LogP contribution in [0.15, 0.2) is 17.4 Å². The van der Waals surface area contributed by atoms with Crippen LogP contribution in [-0.4, -0.2) is 42.8 Å². The summed E-state index contributed by atoms with van der Waals surface area (Å²) >= 11 is 0. The number of piperidine rings is 1. The van der Waals surface area contributed by atoms with Crippen LogP contribution in [0.4, 0.5) is 0 Å². The minimum absolute atomic E-state index is 0.252. The van der Waals surface area contributed by atoms with E-state index in [1.54, 1.807) is 0 Å². The van der Waals surface area contributed by atoms with E-state index in [-0.39, 0.29) is 6.23 Å². The smallest absolute Gasteiger partial charge is 0.222 e. The summed E-state index contributed by atoms with van der Waals surface area (Å²) in [5, 5.41) is 8.19. The maximum absolute atomic E-state index is 6.01. The molecule has 0 aromatic rings. The van der Waals surface area contributed by atoms with Crippen molar-refractivity contribution in [2.45, 2.75) is 44.4 Å². The van der Waals surface area contributed by atoms with Gasteiger partial charge < -0.3 is 10.1 Å². The molecule has 2 atom stereocenters. The van der Waals surface area contributed by atoms with Gasteiger partial charge in [0.2, 0.25) is 6.23 Å². The molecule has 0 saturated carbocycles. The fraction of sp³-hybridized carbons (Fsp3) is 0.769. The highest BCUT2D eigenvalue weighted by molar-refractivity contribution is 5.71. The molecule has 17 heavy (non-hydrogen) atoms. The molecule has 0 bridgehead atoms. The highest BCUT2D eigenvalue weighted by atomic mass is 16.5. The quantitative estimate of drug-likeness (QED) is 0.739. The number of rotatable bonds is 2. The Morgan fingerprint density at radius 3 is 2.71 bits per heavy atom. The van der Waals surface area contributed by atoms with Crippen molar-refractivity contribution in [1.29, 1.82) is 0 Å². The van der Waals surface area contributed by atoms with Gasteiger partial charge in [-0.05, 0) is 12.8 Å². The van der Waals surface area contributed by atoms with Crippen LogP contribution in [0.5, 0.6) is 0 Å². The van der Waals surface area contributed by atoms with Gasteiger partial charge in [0.25, 0.3) is 0 Å². The Hall–Kier alpha value is -0.710. The second-order valence-electron chi connectivity index (χ2n) is 5.20. The van der Waals surface area contributed by atoms with Gasteiger partial charge in [-0.1, -0.05) is 5.10 Å². The average Bonchev–Trinajstić information content (AvgIpc) is 2.91. The molecule has 3 aliphatic heterocycles. The van der Waals surface area contributed by atoms with E-state index in [2.05, 4.69) is 17.6 Å². The topological polar surface area (TPSA) is 33.6 Å². The highest BCUT2D eigenvalue weighted by Crippen LogP contribution is 2.34. The number of nitrogens with zero attached hydrogens (tertiary/aromatic N) is 2. The maximum Gasteiger partial charge on any atom is 0.222 e. The molecule has 0 aliphatic carbocycles. The Morgan fingerprint density at radius 1 is 1.18 bits per heavy atom. The second-order valence-corrected chi connectivity index (χ2v) is 5.20. The molecule has 0 aromatic heterocycles. The molecule has 0 radical (unpaired) electrons. The summed E-state index contributed by atoms with van der Waals surface area (Å²) < 4.78 is 6.72. The molecule has 2 fully saturated rings. The second kappa shape index (κ2) is 4.88. The molecule has 3 rings (SSSR count). The van der Waals surface area contributed by atoms with Crippen LogP contribution in [0.2, 0.25) is 0 Å². The van der Waals surface area contributed by atoms with E-state index in [4.69, 9.17) is 9.84 Å². The van der Waals surface area contributed by atoms with E-state index in [1.165, 1.54) is 25.7 Å². The van der Waals surface area contributed by atoms with Crippen LogP contribution in [0, 0.1) is 0 Å². The number of hydrogen-bond acceptors (Lipinski definition) is 3. The molecule has 3 heterocycles. The third-order valence-corrected chi connectivity index (χ3v) is 4.19. The van der Waals surface area contributed by atoms with Gasteiger partial charge in [-0.15, -0.1) is 4.59 Å². The Kier molecular flexibility index (Phi) is 3.27. The first-order chi connectivity index (χ1) is 8.42. The van der Waals surface area contributed by atoms with E-state index < -0.39 is 0 Å². The Morgan fingerprint density at radius 2 is 2.06 bits per heavy atom. The van der Waals surface area contributed by atoms with Gasteiger partial charge >= 0.3 is 0 Å². The summed E-state index contributed by atoms with van der Waals surface area (Å²) in [4.78, 5) is 0. The average molecular weight is 236 g/mol. The zero-order valence-corrected chi connectivity index (χ0v) is 10.3. The molecule has 0 amide bonds. The summed E-state index contributed by atoms with van der Waals surface area (Å²) in [5.41, 5.74) is 0. The third kappa shape index (κ3) is 2.05. The lowest BCUT2D eigenvalue weighted by Crippen LogP contribution is -2.57. The number of nitrogens with one attached hydrogen (secondary N) is 1. The number of ether oxygens (including phenoxy) is 1.